The molecule has 1 aromatic heterocycles. The maximum Gasteiger partial charge on any atom is 0.323 e. The number of rotatable bonds is 7. The summed E-state index contributed by atoms with van der Waals surface area (Å²) >= 11 is 1.55. The van der Waals surface area contributed by atoms with E-state index >= 15 is 0 Å². The number of amides is 1. The quantitative estimate of drug-likeness (QED) is 0.401. The lowest BCUT2D eigenvalue weighted by atomic mass is 10.3. The number of benzene rings is 2. The minimum atomic E-state index is -1.16. The van der Waals surface area contributed by atoms with Crippen molar-refractivity contribution in [2.24, 2.45) is 5.10 Å². The molecule has 0 aliphatic heterocycles. The van der Waals surface area contributed by atoms with Gasteiger partial charge in [-0.15, -0.1) is 0 Å². The Bertz CT molecular complexity index is 764. The Morgan fingerprint density at radius 3 is 2.08 bits per heavy atom. The van der Waals surface area contributed by atoms with E-state index in [0.29, 0.717) is 11.5 Å². The van der Waals surface area contributed by atoms with E-state index < -0.39 is 12.2 Å². The van der Waals surface area contributed by atoms with Gasteiger partial charge in [0.25, 0.3) is 0 Å². The van der Waals surface area contributed by atoms with E-state index in [1.165, 1.54) is 0 Å². The molecule has 0 aliphatic rings. The van der Waals surface area contributed by atoms with Crippen molar-refractivity contribution in [2.45, 2.75) is 6.29 Å². The number of ether oxygens (including phenoxy) is 2. The molecule has 0 bridgehead atoms. The van der Waals surface area contributed by atoms with Gasteiger partial charge in [0.05, 0.1) is 6.21 Å². The Kier molecular flexibility index (Phi) is 5.79. The zero-order chi connectivity index (χ0) is 17.3. The highest BCUT2D eigenvalue weighted by atomic mass is 32.1. The predicted octanol–water partition coefficient (Wildman–Crippen LogP) is 3.68. The third-order valence-corrected chi connectivity index (χ3v) is 3.82. The summed E-state index contributed by atoms with van der Waals surface area (Å²) in [5, 5.41) is 7.80. The number of carbonyl (C=O) groups excluding carboxylic acids is 1. The molecule has 1 amide bonds. The van der Waals surface area contributed by atoms with Crippen molar-refractivity contribution in [3.8, 4) is 11.5 Å². The number of hydrogen-bond acceptors (Lipinski definition) is 5. The van der Waals surface area contributed by atoms with Crippen molar-refractivity contribution >= 4 is 23.5 Å². The fraction of sp³-hybridized carbons (Fsp3) is 0.0526. The van der Waals surface area contributed by atoms with Crippen LogP contribution < -0.4 is 14.9 Å². The number of thiophene rings is 1. The van der Waals surface area contributed by atoms with Gasteiger partial charge in [0, 0.05) is 5.56 Å². The summed E-state index contributed by atoms with van der Waals surface area (Å²) < 4.78 is 11.3. The third-order valence-electron chi connectivity index (χ3n) is 3.12. The van der Waals surface area contributed by atoms with Crippen molar-refractivity contribution in [3.05, 3.63) is 83.1 Å². The molecule has 0 unspecified atom stereocenters. The van der Waals surface area contributed by atoms with E-state index in [-0.39, 0.29) is 0 Å². The van der Waals surface area contributed by atoms with Crippen molar-refractivity contribution in [2.75, 3.05) is 0 Å². The molecule has 1 N–H and O–H groups in total. The molecule has 0 atom stereocenters. The normalized spacial score (nSPS) is 10.8. The third kappa shape index (κ3) is 5.19. The van der Waals surface area contributed by atoms with Gasteiger partial charge in [-0.3, -0.25) is 4.79 Å². The smallest absolute Gasteiger partial charge is 0.323 e. The lowest BCUT2D eigenvalue weighted by Crippen LogP contribution is -2.40. The van der Waals surface area contributed by atoms with E-state index in [2.05, 4.69) is 10.5 Å². The molecule has 6 heteroatoms. The van der Waals surface area contributed by atoms with Gasteiger partial charge < -0.3 is 9.47 Å². The van der Waals surface area contributed by atoms with Gasteiger partial charge >= 0.3 is 12.2 Å². The fourth-order valence-corrected chi connectivity index (χ4v) is 2.56. The molecule has 25 heavy (non-hydrogen) atoms. The first-order chi connectivity index (χ1) is 12.3. The number of hydrogen-bond donors (Lipinski definition) is 1. The van der Waals surface area contributed by atoms with Crippen LogP contribution in [0.5, 0.6) is 11.5 Å². The van der Waals surface area contributed by atoms with E-state index in [1.54, 1.807) is 41.8 Å². The first-order valence-corrected chi connectivity index (χ1v) is 8.54. The van der Waals surface area contributed by atoms with Crippen LogP contribution in [0.4, 0.5) is 0 Å². The maximum absolute atomic E-state index is 12.4. The van der Waals surface area contributed by atoms with Gasteiger partial charge in [-0.2, -0.15) is 16.4 Å². The van der Waals surface area contributed by atoms with E-state index in [0.717, 1.165) is 5.56 Å². The second-order valence-corrected chi connectivity index (χ2v) is 5.76. The summed E-state index contributed by atoms with van der Waals surface area (Å²) in [5.41, 5.74) is 3.36. The maximum atomic E-state index is 12.4. The average Bonchev–Trinajstić information content (AvgIpc) is 3.16. The van der Waals surface area contributed by atoms with Gasteiger partial charge in [-0.1, -0.05) is 36.4 Å². The van der Waals surface area contributed by atoms with Crippen molar-refractivity contribution in [1.82, 2.24) is 5.43 Å². The molecule has 5 nitrogen and oxygen atoms in total. The average molecular weight is 352 g/mol. The van der Waals surface area contributed by atoms with E-state index in [1.807, 2.05) is 53.2 Å². The Morgan fingerprint density at radius 2 is 1.56 bits per heavy atom. The second kappa shape index (κ2) is 8.65. The monoisotopic (exact) mass is 352 g/mol. The molecule has 0 saturated heterocycles. The zero-order valence-electron chi connectivity index (χ0n) is 13.2. The molecule has 2 aromatic carbocycles. The molecule has 0 saturated carbocycles. The topological polar surface area (TPSA) is 59.9 Å². The lowest BCUT2D eigenvalue weighted by Gasteiger charge is -2.18. The summed E-state index contributed by atoms with van der Waals surface area (Å²) in [4.78, 5) is 12.4. The van der Waals surface area contributed by atoms with Crippen LogP contribution in [-0.4, -0.2) is 18.4 Å². The molecule has 0 spiro atoms. The van der Waals surface area contributed by atoms with Gasteiger partial charge in [-0.25, -0.2) is 5.43 Å². The summed E-state index contributed by atoms with van der Waals surface area (Å²) in [7, 11) is 0. The van der Waals surface area contributed by atoms with Crippen LogP contribution in [0.1, 0.15) is 5.56 Å². The Morgan fingerprint density at radius 1 is 0.960 bits per heavy atom. The van der Waals surface area contributed by atoms with Gasteiger partial charge in [0.15, 0.2) is 0 Å². The Labute approximate surface area is 149 Å². The molecule has 0 radical (unpaired) electrons. The zero-order valence-corrected chi connectivity index (χ0v) is 14.1. The molecular formula is C19H16N2O3S. The van der Waals surface area contributed by atoms with Crippen LogP contribution in [0.2, 0.25) is 0 Å². The van der Waals surface area contributed by atoms with Gasteiger partial charge in [0.1, 0.15) is 11.5 Å². The van der Waals surface area contributed by atoms with Crippen LogP contribution >= 0.6 is 11.3 Å². The first-order valence-electron chi connectivity index (χ1n) is 7.60. The van der Waals surface area contributed by atoms with Crippen LogP contribution in [0.25, 0.3) is 0 Å². The first kappa shape index (κ1) is 16.7. The highest BCUT2D eigenvalue weighted by molar-refractivity contribution is 7.08. The largest absolute Gasteiger partial charge is 0.446 e. The predicted molar refractivity (Wildman–Crippen MR) is 98.0 cm³/mol. The molecule has 126 valence electrons. The lowest BCUT2D eigenvalue weighted by molar-refractivity contribution is -0.140. The number of para-hydroxylation sites is 2. The van der Waals surface area contributed by atoms with Crippen LogP contribution in [-0.2, 0) is 4.79 Å². The molecule has 0 aliphatic carbocycles. The Balaban J connectivity index is 1.69. The molecule has 3 aromatic rings. The van der Waals surface area contributed by atoms with Gasteiger partial charge in [-0.05, 0) is 41.1 Å². The number of nitrogens with one attached hydrogen (secondary N) is 1. The summed E-state index contributed by atoms with van der Waals surface area (Å²) in [6, 6.07) is 19.9. The molecule has 0 fully saturated rings. The fourth-order valence-electron chi connectivity index (χ4n) is 1.95. The molecule has 1 heterocycles. The second-order valence-electron chi connectivity index (χ2n) is 4.98. The minimum absolute atomic E-state index is 0.501. The van der Waals surface area contributed by atoms with Crippen LogP contribution in [0, 0.1) is 0 Å². The van der Waals surface area contributed by atoms with E-state index in [4.69, 9.17) is 9.47 Å². The number of hydrazone groups is 1. The molecule has 3 rings (SSSR count). The van der Waals surface area contributed by atoms with Crippen LogP contribution in [0.15, 0.2) is 82.6 Å². The van der Waals surface area contributed by atoms with Crippen LogP contribution in [0.3, 0.4) is 0 Å². The van der Waals surface area contributed by atoms with Gasteiger partial charge in [0.2, 0.25) is 0 Å². The summed E-state index contributed by atoms with van der Waals surface area (Å²) in [6.45, 7) is 0. The van der Waals surface area contributed by atoms with Crippen molar-refractivity contribution in [3.63, 3.8) is 0 Å². The number of carbonyl (C=O) groups is 1. The summed E-state index contributed by atoms with van der Waals surface area (Å²) in [6.07, 6.45) is 0.403. The SMILES string of the molecule is O=C(NN=Cc1ccsc1)C(Oc1ccccc1)Oc1ccccc1. The number of nitrogens with zero attached hydrogens (tertiary/aromatic N) is 1. The highest BCUT2D eigenvalue weighted by Crippen LogP contribution is 2.16. The highest BCUT2D eigenvalue weighted by Gasteiger charge is 2.22. The standard InChI is InChI=1S/C19H16N2O3S/c22-18(21-20-13-15-11-12-25-14-15)19(23-16-7-3-1-4-8-16)24-17-9-5-2-6-10-17/h1-14,19H,(H,21,22). The van der Waals surface area contributed by atoms with Crippen molar-refractivity contribution < 1.29 is 14.3 Å². The van der Waals surface area contributed by atoms with Crippen molar-refractivity contribution in [1.29, 1.82) is 0 Å². The Hall–Kier alpha value is -3.12. The minimum Gasteiger partial charge on any atom is -0.446 e. The summed E-state index contributed by atoms with van der Waals surface area (Å²) in [5.74, 6) is 0.556. The molecular weight excluding hydrogens is 336 g/mol. The van der Waals surface area contributed by atoms with E-state index in [9.17, 15) is 4.79 Å².